The van der Waals surface area contributed by atoms with Gasteiger partial charge in [0.2, 0.25) is 0 Å². The maximum atomic E-state index is 5.71. The molecule has 1 fully saturated rings. The van der Waals surface area contributed by atoms with Gasteiger partial charge in [-0.05, 0) is 12.8 Å². The molecule has 0 radical (unpaired) electrons. The third-order valence-corrected chi connectivity index (χ3v) is 3.83. The normalized spacial score (nSPS) is 18.2. The van der Waals surface area contributed by atoms with Gasteiger partial charge in [0.15, 0.2) is 0 Å². The molecule has 1 saturated carbocycles. The maximum Gasteiger partial charge on any atom is 1.00 e. The van der Waals surface area contributed by atoms with E-state index in [0.717, 1.165) is 36.8 Å². The molecule has 0 atom stereocenters. The minimum Gasteiger partial charge on any atom is -0.381 e. The van der Waals surface area contributed by atoms with Crippen LogP contribution in [0.25, 0.3) is 0 Å². The number of ether oxygens (including phenoxy) is 3. The molecule has 0 aliphatic heterocycles. The molecule has 0 bridgehead atoms. The van der Waals surface area contributed by atoms with Crippen LogP contribution in [-0.4, -0.2) is 39.1 Å². The summed E-state index contributed by atoms with van der Waals surface area (Å²) in [5.41, 5.74) is 2.12. The molecule has 1 aliphatic rings. The Morgan fingerprint density at radius 2 is 1.88 bits per heavy atom. The quantitative estimate of drug-likeness (QED) is 0.437. The van der Waals surface area contributed by atoms with Crippen LogP contribution in [0.4, 0.5) is 0 Å². The SMILES string of the molecule is COCC#Cc1c[c-]c(C)cc1.[CH2-]CC(C[CH2-])OC1CC(OC)C1.[Li+]. The Bertz CT molecular complexity index is 494. The van der Waals surface area contributed by atoms with Gasteiger partial charge in [-0.15, -0.1) is 5.92 Å². The van der Waals surface area contributed by atoms with E-state index in [1.807, 2.05) is 25.1 Å². The van der Waals surface area contributed by atoms with Crippen molar-refractivity contribution in [2.45, 2.75) is 50.9 Å². The summed E-state index contributed by atoms with van der Waals surface area (Å²) < 4.78 is 15.7. The van der Waals surface area contributed by atoms with Crippen LogP contribution in [0.1, 0.15) is 36.8 Å². The van der Waals surface area contributed by atoms with Gasteiger partial charge < -0.3 is 28.1 Å². The molecule has 2 rings (SSSR count). The molecule has 0 amide bonds. The van der Waals surface area contributed by atoms with E-state index in [-0.39, 0.29) is 25.0 Å². The van der Waals surface area contributed by atoms with Crippen LogP contribution in [0.15, 0.2) is 18.2 Å². The predicted octanol–water partition coefficient (Wildman–Crippen LogP) is 0.794. The van der Waals surface area contributed by atoms with Crippen molar-refractivity contribution >= 4 is 0 Å². The Morgan fingerprint density at radius 3 is 2.36 bits per heavy atom. The molecule has 0 unspecified atom stereocenters. The molecule has 3 nitrogen and oxygen atoms in total. The van der Waals surface area contributed by atoms with Crippen molar-refractivity contribution in [1.82, 2.24) is 0 Å². The summed E-state index contributed by atoms with van der Waals surface area (Å²) in [6, 6.07) is 8.95. The molecule has 1 aromatic carbocycles. The Labute approximate surface area is 166 Å². The van der Waals surface area contributed by atoms with E-state index in [2.05, 4.69) is 31.8 Å². The van der Waals surface area contributed by atoms with Crippen LogP contribution in [0, 0.1) is 38.7 Å². The molecule has 4 heteroatoms. The van der Waals surface area contributed by atoms with E-state index >= 15 is 0 Å². The first-order valence-electron chi connectivity index (χ1n) is 8.35. The van der Waals surface area contributed by atoms with E-state index in [1.54, 1.807) is 14.2 Å². The van der Waals surface area contributed by atoms with Gasteiger partial charge in [0, 0.05) is 20.3 Å². The first kappa shape index (κ1) is 24.3. The van der Waals surface area contributed by atoms with E-state index in [1.165, 1.54) is 0 Å². The molecule has 1 aliphatic carbocycles. The number of hydrogen-bond acceptors (Lipinski definition) is 3. The Balaban J connectivity index is 0.000000443. The van der Waals surface area contributed by atoms with Crippen molar-refractivity contribution < 1.29 is 33.1 Å². The zero-order chi connectivity index (χ0) is 17.8. The third kappa shape index (κ3) is 10.1. The maximum absolute atomic E-state index is 5.71. The predicted molar refractivity (Wildman–Crippen MR) is 97.4 cm³/mol. The fourth-order valence-electron chi connectivity index (χ4n) is 2.16. The van der Waals surface area contributed by atoms with Crippen molar-refractivity contribution in [2.75, 3.05) is 20.8 Å². The topological polar surface area (TPSA) is 27.7 Å². The standard InChI is InChI=1S/C11H11O.C10H18O2.Li/c1-10-5-7-11(8-6-10)4-3-9-12-2;1-4-8(5-2)12-10-6-9(7-10)11-3;/h5,7-8H,9H2,1-2H3;8-10H,1-2,4-7H2,3H3;/q-1;-2;+1. The van der Waals surface area contributed by atoms with Gasteiger partial charge in [-0.3, -0.25) is 0 Å². The van der Waals surface area contributed by atoms with Crippen LogP contribution < -0.4 is 18.9 Å². The average Bonchev–Trinajstić information content (AvgIpc) is 2.57. The second kappa shape index (κ2) is 14.4. The summed E-state index contributed by atoms with van der Waals surface area (Å²) in [5.74, 6) is 5.85. The van der Waals surface area contributed by atoms with E-state index < -0.39 is 0 Å². The summed E-state index contributed by atoms with van der Waals surface area (Å²) >= 11 is 0. The number of methoxy groups -OCH3 is 2. The average molecular weight is 336 g/mol. The van der Waals surface area contributed by atoms with Crippen molar-refractivity contribution in [3.05, 3.63) is 49.2 Å². The minimum atomic E-state index is 0. The molecular weight excluding hydrogens is 307 g/mol. The number of rotatable bonds is 6. The zero-order valence-corrected chi connectivity index (χ0v) is 16.1. The summed E-state index contributed by atoms with van der Waals surface area (Å²) in [7, 11) is 3.39. The molecular formula is C21H29LiO3-2. The van der Waals surface area contributed by atoms with Crippen molar-refractivity contribution in [3.8, 4) is 11.8 Å². The molecule has 1 aromatic rings. The van der Waals surface area contributed by atoms with E-state index in [9.17, 15) is 0 Å². The third-order valence-electron chi connectivity index (χ3n) is 3.83. The van der Waals surface area contributed by atoms with Crippen molar-refractivity contribution in [2.24, 2.45) is 0 Å². The number of hydrogen-bond donors (Lipinski definition) is 0. The molecule has 25 heavy (non-hydrogen) atoms. The second-order valence-corrected chi connectivity index (χ2v) is 5.78. The van der Waals surface area contributed by atoms with Crippen molar-refractivity contribution in [3.63, 3.8) is 0 Å². The van der Waals surface area contributed by atoms with Crippen LogP contribution in [0.2, 0.25) is 0 Å². The van der Waals surface area contributed by atoms with Gasteiger partial charge in [-0.1, -0.05) is 18.4 Å². The summed E-state index contributed by atoms with van der Waals surface area (Å²) in [6.07, 6.45) is 4.76. The molecule has 134 valence electrons. The van der Waals surface area contributed by atoms with Gasteiger partial charge in [0.25, 0.3) is 0 Å². The van der Waals surface area contributed by atoms with Crippen molar-refractivity contribution in [1.29, 1.82) is 0 Å². The Hall–Kier alpha value is -0.743. The van der Waals surface area contributed by atoms with Crippen LogP contribution in [-0.2, 0) is 14.2 Å². The van der Waals surface area contributed by atoms with Gasteiger partial charge in [-0.25, -0.2) is 0 Å². The molecule has 0 aromatic heterocycles. The first-order valence-corrected chi connectivity index (χ1v) is 8.35. The second-order valence-electron chi connectivity index (χ2n) is 5.78. The van der Waals surface area contributed by atoms with Gasteiger partial charge in [0.05, 0.1) is 12.2 Å². The fourth-order valence-corrected chi connectivity index (χ4v) is 2.16. The van der Waals surface area contributed by atoms with E-state index in [0.29, 0.717) is 18.8 Å². The van der Waals surface area contributed by atoms with Gasteiger partial charge in [-0.2, -0.15) is 42.7 Å². The van der Waals surface area contributed by atoms with Gasteiger partial charge >= 0.3 is 18.9 Å². The molecule has 0 heterocycles. The molecule has 0 N–H and O–H groups in total. The van der Waals surface area contributed by atoms with Gasteiger partial charge in [0.1, 0.15) is 6.61 Å². The Kier molecular flexibility index (Phi) is 14.0. The first-order chi connectivity index (χ1) is 11.6. The summed E-state index contributed by atoms with van der Waals surface area (Å²) in [6.45, 7) is 10.1. The number of aryl methyl sites for hydroxylation is 1. The summed E-state index contributed by atoms with van der Waals surface area (Å²) in [5, 5.41) is 0. The monoisotopic (exact) mass is 336 g/mol. The Morgan fingerprint density at radius 1 is 1.20 bits per heavy atom. The zero-order valence-electron chi connectivity index (χ0n) is 16.1. The smallest absolute Gasteiger partial charge is 0.381 e. The van der Waals surface area contributed by atoms with Crippen LogP contribution >= 0.6 is 0 Å². The van der Waals surface area contributed by atoms with Crippen LogP contribution in [0.3, 0.4) is 0 Å². The van der Waals surface area contributed by atoms with Crippen LogP contribution in [0.5, 0.6) is 0 Å². The number of benzene rings is 1. The largest absolute Gasteiger partial charge is 1.00 e. The minimum absolute atomic E-state index is 0. The molecule has 0 saturated heterocycles. The van der Waals surface area contributed by atoms with E-state index in [4.69, 9.17) is 14.2 Å². The molecule has 0 spiro atoms. The fraction of sp³-hybridized carbons (Fsp3) is 0.524. The summed E-state index contributed by atoms with van der Waals surface area (Å²) in [4.78, 5) is 0.